The van der Waals surface area contributed by atoms with Crippen LogP contribution in [0.15, 0.2) is 12.1 Å². The molecular formula is C17H25ClN2O3. The lowest BCUT2D eigenvalue weighted by Crippen LogP contribution is -2.50. The van der Waals surface area contributed by atoms with E-state index in [1.165, 1.54) is 0 Å². The molecule has 0 bridgehead atoms. The lowest BCUT2D eigenvalue weighted by atomic mass is 9.95. The molecule has 1 aromatic rings. The van der Waals surface area contributed by atoms with Gasteiger partial charge < -0.3 is 15.2 Å². The van der Waals surface area contributed by atoms with E-state index in [1.807, 2.05) is 25.7 Å². The first kappa shape index (κ1) is 18.0. The molecular weight excluding hydrogens is 316 g/mol. The van der Waals surface area contributed by atoms with Crippen LogP contribution in [0.1, 0.15) is 25.8 Å². The lowest BCUT2D eigenvalue weighted by Gasteiger charge is -2.37. The third kappa shape index (κ3) is 4.16. The summed E-state index contributed by atoms with van der Waals surface area (Å²) < 4.78 is 5.29. The van der Waals surface area contributed by atoms with Gasteiger partial charge in [0.15, 0.2) is 0 Å². The van der Waals surface area contributed by atoms with Gasteiger partial charge in [-0.25, -0.2) is 0 Å². The quantitative estimate of drug-likeness (QED) is 0.884. The van der Waals surface area contributed by atoms with Gasteiger partial charge in [-0.1, -0.05) is 18.5 Å². The van der Waals surface area contributed by atoms with E-state index in [1.54, 1.807) is 19.2 Å². The Kier molecular flexibility index (Phi) is 5.89. The Hall–Kier alpha value is -1.30. The van der Waals surface area contributed by atoms with Crippen LogP contribution >= 0.6 is 11.6 Å². The van der Waals surface area contributed by atoms with Gasteiger partial charge in [0.1, 0.15) is 5.75 Å². The van der Waals surface area contributed by atoms with Crippen LogP contribution in [0, 0.1) is 12.8 Å². The van der Waals surface area contributed by atoms with Gasteiger partial charge in [-0.2, -0.15) is 0 Å². The highest BCUT2D eigenvalue weighted by Crippen LogP contribution is 2.31. The summed E-state index contributed by atoms with van der Waals surface area (Å²) in [5.41, 5.74) is 1.48. The lowest BCUT2D eigenvalue weighted by molar-refractivity contribution is -0.122. The largest absolute Gasteiger partial charge is 0.495 e. The van der Waals surface area contributed by atoms with Gasteiger partial charge in [-0.15, -0.1) is 0 Å². The molecule has 1 saturated heterocycles. The molecule has 3 atom stereocenters. The zero-order valence-electron chi connectivity index (χ0n) is 14.1. The second-order valence-electron chi connectivity index (χ2n) is 6.30. The Morgan fingerprint density at radius 2 is 2.22 bits per heavy atom. The third-order valence-electron chi connectivity index (χ3n) is 4.62. The number of aliphatic hydroxyl groups is 1. The molecule has 0 spiro atoms. The summed E-state index contributed by atoms with van der Waals surface area (Å²) in [4.78, 5) is 14.6. The number of hydrogen-bond donors (Lipinski definition) is 2. The van der Waals surface area contributed by atoms with Crippen molar-refractivity contribution in [2.24, 2.45) is 5.92 Å². The van der Waals surface area contributed by atoms with Crippen molar-refractivity contribution < 1.29 is 14.6 Å². The number of aryl methyl sites for hydroxylation is 1. The summed E-state index contributed by atoms with van der Waals surface area (Å²) in [6, 6.07) is 3.18. The van der Waals surface area contributed by atoms with Crippen LogP contribution in [0.3, 0.4) is 0 Å². The molecule has 0 aromatic heterocycles. The van der Waals surface area contributed by atoms with Crippen LogP contribution in [0.5, 0.6) is 5.75 Å². The number of nitrogens with one attached hydrogen (secondary N) is 1. The van der Waals surface area contributed by atoms with Gasteiger partial charge in [0.2, 0.25) is 5.91 Å². The zero-order valence-corrected chi connectivity index (χ0v) is 14.9. The number of β-amino-alcohol motifs (C(OH)–C–C–N with tert-alkyl or cyclic N) is 1. The van der Waals surface area contributed by atoms with Gasteiger partial charge in [-0.05, 0) is 44.4 Å². The highest BCUT2D eigenvalue weighted by atomic mass is 35.5. The van der Waals surface area contributed by atoms with Crippen molar-refractivity contribution in [3.8, 4) is 5.75 Å². The minimum absolute atomic E-state index is 0.119. The molecule has 6 heteroatoms. The van der Waals surface area contributed by atoms with Crippen molar-refractivity contribution in [2.75, 3.05) is 25.5 Å². The van der Waals surface area contributed by atoms with Crippen molar-refractivity contribution in [1.82, 2.24) is 4.90 Å². The zero-order chi connectivity index (χ0) is 17.1. The van der Waals surface area contributed by atoms with E-state index >= 15 is 0 Å². The average molecular weight is 341 g/mol. The van der Waals surface area contributed by atoms with Crippen LogP contribution in [-0.2, 0) is 4.79 Å². The molecule has 2 rings (SSSR count). The Morgan fingerprint density at radius 1 is 1.52 bits per heavy atom. The van der Waals surface area contributed by atoms with E-state index in [9.17, 15) is 9.90 Å². The first-order valence-corrected chi connectivity index (χ1v) is 8.28. The number of carbonyl (C=O) groups excluding carboxylic acids is 1. The number of ether oxygens (including phenoxy) is 1. The Balaban J connectivity index is 2.08. The molecule has 1 aromatic carbocycles. The molecule has 0 radical (unpaired) electrons. The molecule has 1 aliphatic heterocycles. The van der Waals surface area contributed by atoms with Crippen LogP contribution < -0.4 is 10.1 Å². The molecule has 1 heterocycles. The fourth-order valence-electron chi connectivity index (χ4n) is 2.76. The van der Waals surface area contributed by atoms with Crippen molar-refractivity contribution in [1.29, 1.82) is 0 Å². The number of hydrogen-bond acceptors (Lipinski definition) is 4. The molecule has 23 heavy (non-hydrogen) atoms. The van der Waals surface area contributed by atoms with Gasteiger partial charge >= 0.3 is 0 Å². The second kappa shape index (κ2) is 7.51. The van der Waals surface area contributed by atoms with E-state index in [0.717, 1.165) is 18.5 Å². The monoisotopic (exact) mass is 340 g/mol. The van der Waals surface area contributed by atoms with Gasteiger partial charge in [-0.3, -0.25) is 9.69 Å². The summed E-state index contributed by atoms with van der Waals surface area (Å²) >= 11 is 6.09. The van der Waals surface area contributed by atoms with Crippen LogP contribution in [0.25, 0.3) is 0 Å². The SMILES string of the molecule is COc1cc(Cl)c(C)cc1NC(=O)C(C)N1CCC(C)C(O)C1. The molecule has 1 aliphatic rings. The Morgan fingerprint density at radius 3 is 2.83 bits per heavy atom. The highest BCUT2D eigenvalue weighted by Gasteiger charge is 2.30. The minimum atomic E-state index is -0.383. The summed E-state index contributed by atoms with van der Waals surface area (Å²) in [7, 11) is 1.54. The fourth-order valence-corrected chi connectivity index (χ4v) is 2.91. The maximum atomic E-state index is 12.5. The number of halogens is 1. The standard InChI is InChI=1S/C17H25ClN2O3/c1-10-5-6-20(9-15(10)21)12(3)17(22)19-14-7-11(2)13(18)8-16(14)23-4/h7-8,10,12,15,21H,5-6,9H2,1-4H3,(H,19,22). The molecule has 3 unspecified atom stereocenters. The Labute approximate surface area is 142 Å². The summed E-state index contributed by atoms with van der Waals surface area (Å²) in [6.45, 7) is 7.10. The summed E-state index contributed by atoms with van der Waals surface area (Å²) in [5, 5.41) is 13.5. The number of benzene rings is 1. The second-order valence-corrected chi connectivity index (χ2v) is 6.70. The number of likely N-dealkylation sites (tertiary alicyclic amines) is 1. The first-order chi connectivity index (χ1) is 10.8. The van der Waals surface area contributed by atoms with Crippen molar-refractivity contribution in [2.45, 2.75) is 39.3 Å². The van der Waals surface area contributed by atoms with Crippen LogP contribution in [0.2, 0.25) is 5.02 Å². The molecule has 2 N–H and O–H groups in total. The topological polar surface area (TPSA) is 61.8 Å². The number of aliphatic hydroxyl groups excluding tert-OH is 1. The van der Waals surface area contributed by atoms with Gasteiger partial charge in [0.05, 0.1) is 24.9 Å². The minimum Gasteiger partial charge on any atom is -0.495 e. The number of methoxy groups -OCH3 is 1. The van der Waals surface area contributed by atoms with E-state index in [4.69, 9.17) is 16.3 Å². The Bertz CT molecular complexity index is 579. The van der Waals surface area contributed by atoms with Gasteiger partial charge in [0, 0.05) is 17.6 Å². The van der Waals surface area contributed by atoms with Crippen molar-refractivity contribution in [3.05, 3.63) is 22.7 Å². The number of amides is 1. The fraction of sp³-hybridized carbons (Fsp3) is 0.588. The van der Waals surface area contributed by atoms with E-state index in [2.05, 4.69) is 5.32 Å². The number of anilines is 1. The van der Waals surface area contributed by atoms with Crippen molar-refractivity contribution >= 4 is 23.2 Å². The van der Waals surface area contributed by atoms with Crippen LogP contribution in [0.4, 0.5) is 5.69 Å². The van der Waals surface area contributed by atoms with Crippen molar-refractivity contribution in [3.63, 3.8) is 0 Å². The molecule has 128 valence electrons. The molecule has 1 amide bonds. The highest BCUT2D eigenvalue weighted by molar-refractivity contribution is 6.31. The molecule has 5 nitrogen and oxygen atoms in total. The smallest absolute Gasteiger partial charge is 0.241 e. The average Bonchev–Trinajstić information content (AvgIpc) is 2.52. The number of nitrogens with zero attached hydrogens (tertiary/aromatic N) is 1. The van der Waals surface area contributed by atoms with Gasteiger partial charge in [0.25, 0.3) is 0 Å². The molecule has 0 aliphatic carbocycles. The maximum absolute atomic E-state index is 12.5. The normalized spacial score (nSPS) is 23.4. The number of piperidine rings is 1. The third-order valence-corrected chi connectivity index (χ3v) is 5.02. The van der Waals surface area contributed by atoms with E-state index in [-0.39, 0.29) is 24.0 Å². The van der Waals surface area contributed by atoms with Crippen LogP contribution in [-0.4, -0.2) is 48.3 Å². The summed E-state index contributed by atoms with van der Waals surface area (Å²) in [6.07, 6.45) is 0.508. The maximum Gasteiger partial charge on any atom is 0.241 e. The number of rotatable bonds is 4. The summed E-state index contributed by atoms with van der Waals surface area (Å²) in [5.74, 6) is 0.695. The van der Waals surface area contributed by atoms with E-state index < -0.39 is 0 Å². The van der Waals surface area contributed by atoms with E-state index in [0.29, 0.717) is 23.0 Å². The predicted octanol–water partition coefficient (Wildman–Crippen LogP) is 2.69. The first-order valence-electron chi connectivity index (χ1n) is 7.90. The number of carbonyl (C=O) groups is 1. The predicted molar refractivity (Wildman–Crippen MR) is 92.2 cm³/mol. The molecule has 0 saturated carbocycles. The molecule has 1 fully saturated rings.